The van der Waals surface area contributed by atoms with E-state index in [0.29, 0.717) is 11.8 Å². The molecule has 124 valence electrons. The van der Waals surface area contributed by atoms with Crippen molar-refractivity contribution in [2.45, 2.75) is 25.7 Å². The average molecular weight is 326 g/mol. The van der Waals surface area contributed by atoms with E-state index in [0.717, 1.165) is 11.8 Å². The molecule has 0 bridgehead atoms. The van der Waals surface area contributed by atoms with Crippen molar-refractivity contribution >= 4 is 11.8 Å². The van der Waals surface area contributed by atoms with Crippen LogP contribution in [0.15, 0.2) is 58.8 Å². The standard InChI is InChI=1S/C17H19FN6/c1-11(2)21-16-22-15(12-6-4-3-5-7-12)23-17(19,24-16)13-8-9-20-10-14(13)18/h3-11H,19H2,1-2H3,(H2,21,22,23,24). The lowest BCUT2D eigenvalue weighted by Gasteiger charge is -2.34. The van der Waals surface area contributed by atoms with Crippen LogP contribution < -0.4 is 16.4 Å². The molecule has 2 heterocycles. The molecule has 3 rings (SSSR count). The number of pyridine rings is 1. The van der Waals surface area contributed by atoms with Crippen LogP contribution in [0.2, 0.25) is 0 Å². The van der Waals surface area contributed by atoms with E-state index in [1.165, 1.54) is 12.3 Å². The molecule has 0 saturated heterocycles. The Bertz CT molecular complexity index is 787. The second-order valence-corrected chi connectivity index (χ2v) is 5.77. The number of hydrogen-bond donors (Lipinski definition) is 3. The number of aliphatic imine (C=N–C) groups is 2. The number of rotatable bonds is 3. The van der Waals surface area contributed by atoms with Crippen LogP contribution in [-0.2, 0) is 5.79 Å². The van der Waals surface area contributed by atoms with E-state index in [4.69, 9.17) is 5.73 Å². The Kier molecular flexibility index (Phi) is 4.26. The molecule has 0 aliphatic carbocycles. The second kappa shape index (κ2) is 6.37. The van der Waals surface area contributed by atoms with Crippen molar-refractivity contribution in [3.05, 3.63) is 65.7 Å². The molecule has 1 aromatic carbocycles. The van der Waals surface area contributed by atoms with E-state index >= 15 is 0 Å². The van der Waals surface area contributed by atoms with Crippen LogP contribution in [0.4, 0.5) is 4.39 Å². The number of guanidine groups is 1. The predicted octanol–water partition coefficient (Wildman–Crippen LogP) is 1.69. The predicted molar refractivity (Wildman–Crippen MR) is 91.9 cm³/mol. The Hall–Kier alpha value is -2.80. The maximum absolute atomic E-state index is 14.2. The van der Waals surface area contributed by atoms with E-state index in [-0.39, 0.29) is 11.6 Å². The highest BCUT2D eigenvalue weighted by Crippen LogP contribution is 2.22. The van der Waals surface area contributed by atoms with Crippen molar-refractivity contribution in [3.8, 4) is 0 Å². The van der Waals surface area contributed by atoms with E-state index < -0.39 is 11.6 Å². The molecule has 0 spiro atoms. The van der Waals surface area contributed by atoms with Crippen LogP contribution in [-0.4, -0.2) is 22.8 Å². The molecular formula is C17H19FN6. The summed E-state index contributed by atoms with van der Waals surface area (Å²) in [6, 6.07) is 11.0. The molecule has 6 nitrogen and oxygen atoms in total. The fourth-order valence-electron chi connectivity index (χ4n) is 2.42. The van der Waals surface area contributed by atoms with E-state index in [1.54, 1.807) is 0 Å². The van der Waals surface area contributed by atoms with Crippen LogP contribution in [0.3, 0.4) is 0 Å². The van der Waals surface area contributed by atoms with Gasteiger partial charge in [-0.1, -0.05) is 30.3 Å². The average Bonchev–Trinajstić information content (AvgIpc) is 2.55. The molecule has 1 aliphatic heterocycles. The summed E-state index contributed by atoms with van der Waals surface area (Å²) in [5, 5.41) is 6.10. The molecule has 1 aliphatic rings. The lowest BCUT2D eigenvalue weighted by molar-refractivity contribution is 0.394. The third kappa shape index (κ3) is 3.26. The number of benzene rings is 1. The van der Waals surface area contributed by atoms with Crippen molar-refractivity contribution in [1.29, 1.82) is 0 Å². The molecule has 24 heavy (non-hydrogen) atoms. The Morgan fingerprint density at radius 3 is 2.62 bits per heavy atom. The summed E-state index contributed by atoms with van der Waals surface area (Å²) in [6.45, 7) is 3.88. The Balaban J connectivity index is 2.12. The van der Waals surface area contributed by atoms with Crippen LogP contribution in [0.25, 0.3) is 0 Å². The third-order valence-corrected chi connectivity index (χ3v) is 3.45. The molecule has 0 saturated carbocycles. The highest BCUT2D eigenvalue weighted by molar-refractivity contribution is 6.10. The summed E-state index contributed by atoms with van der Waals surface area (Å²) in [5.74, 6) is -1.04. The number of hydrogen-bond acceptors (Lipinski definition) is 4. The summed E-state index contributed by atoms with van der Waals surface area (Å²) in [5.41, 5.74) is 7.42. The van der Waals surface area contributed by atoms with Gasteiger partial charge in [0, 0.05) is 17.8 Å². The van der Waals surface area contributed by atoms with Crippen LogP contribution >= 0.6 is 0 Å². The molecule has 7 heteroatoms. The van der Waals surface area contributed by atoms with Crippen LogP contribution in [0, 0.1) is 5.82 Å². The minimum atomic E-state index is -1.48. The van der Waals surface area contributed by atoms with Gasteiger partial charge in [-0.05, 0) is 19.9 Å². The Morgan fingerprint density at radius 2 is 1.96 bits per heavy atom. The first kappa shape index (κ1) is 16.1. The summed E-state index contributed by atoms with van der Waals surface area (Å²) in [6.07, 6.45) is 2.60. The monoisotopic (exact) mass is 326 g/mol. The van der Waals surface area contributed by atoms with Gasteiger partial charge in [0.1, 0.15) is 11.7 Å². The molecule has 0 radical (unpaired) electrons. The number of nitrogens with zero attached hydrogens (tertiary/aromatic N) is 3. The maximum Gasteiger partial charge on any atom is 0.216 e. The zero-order valence-corrected chi connectivity index (χ0v) is 13.5. The van der Waals surface area contributed by atoms with Gasteiger partial charge in [-0.2, -0.15) is 0 Å². The number of amidine groups is 1. The van der Waals surface area contributed by atoms with Crippen molar-refractivity contribution in [2.75, 3.05) is 0 Å². The number of nitrogens with one attached hydrogen (secondary N) is 2. The first-order chi connectivity index (χ1) is 11.5. The minimum absolute atomic E-state index is 0.0293. The molecule has 1 aromatic heterocycles. The fourth-order valence-corrected chi connectivity index (χ4v) is 2.42. The van der Waals surface area contributed by atoms with Gasteiger partial charge in [-0.25, -0.2) is 9.38 Å². The summed E-state index contributed by atoms with van der Waals surface area (Å²) < 4.78 is 14.2. The van der Waals surface area contributed by atoms with Gasteiger partial charge in [0.25, 0.3) is 0 Å². The zero-order valence-electron chi connectivity index (χ0n) is 13.5. The van der Waals surface area contributed by atoms with Crippen molar-refractivity contribution in [3.63, 3.8) is 0 Å². The van der Waals surface area contributed by atoms with Gasteiger partial charge in [-0.15, -0.1) is 0 Å². The molecule has 2 aromatic rings. The van der Waals surface area contributed by atoms with Crippen LogP contribution in [0.1, 0.15) is 25.0 Å². The van der Waals surface area contributed by atoms with Gasteiger partial charge in [-0.3, -0.25) is 15.7 Å². The van der Waals surface area contributed by atoms with E-state index in [1.807, 2.05) is 44.2 Å². The maximum atomic E-state index is 14.2. The Morgan fingerprint density at radius 1 is 1.21 bits per heavy atom. The molecule has 1 unspecified atom stereocenters. The number of halogens is 1. The lowest BCUT2D eigenvalue weighted by atomic mass is 10.1. The first-order valence-corrected chi connectivity index (χ1v) is 7.65. The van der Waals surface area contributed by atoms with Crippen molar-refractivity contribution in [2.24, 2.45) is 15.7 Å². The molecule has 1 atom stereocenters. The van der Waals surface area contributed by atoms with E-state index in [9.17, 15) is 4.39 Å². The van der Waals surface area contributed by atoms with Gasteiger partial charge in [0.15, 0.2) is 5.96 Å². The minimum Gasteiger partial charge on any atom is -0.315 e. The van der Waals surface area contributed by atoms with Crippen molar-refractivity contribution < 1.29 is 4.39 Å². The normalized spacial score (nSPS) is 22.0. The van der Waals surface area contributed by atoms with Gasteiger partial charge in [0.2, 0.25) is 5.79 Å². The quantitative estimate of drug-likeness (QED) is 0.801. The SMILES string of the molecule is CC(C)N=C1NC(c2ccccc2)=NC(N)(c2ccncc2F)N1. The van der Waals surface area contributed by atoms with Crippen molar-refractivity contribution in [1.82, 2.24) is 15.6 Å². The van der Waals surface area contributed by atoms with Crippen LogP contribution in [0.5, 0.6) is 0 Å². The highest BCUT2D eigenvalue weighted by Gasteiger charge is 2.35. The molecule has 0 amide bonds. The third-order valence-electron chi connectivity index (χ3n) is 3.45. The summed E-state index contributed by atoms with van der Waals surface area (Å²) in [7, 11) is 0. The smallest absolute Gasteiger partial charge is 0.216 e. The highest BCUT2D eigenvalue weighted by atomic mass is 19.1. The zero-order chi connectivity index (χ0) is 17.2. The summed E-state index contributed by atoms with van der Waals surface area (Å²) in [4.78, 5) is 12.7. The fraction of sp³-hybridized carbons (Fsp3) is 0.235. The Labute approximate surface area is 139 Å². The molecule has 4 N–H and O–H groups in total. The summed E-state index contributed by atoms with van der Waals surface area (Å²) >= 11 is 0. The van der Waals surface area contributed by atoms with Gasteiger partial charge in [0.05, 0.1) is 11.8 Å². The van der Waals surface area contributed by atoms with Gasteiger partial charge < -0.3 is 10.6 Å². The molecular weight excluding hydrogens is 307 g/mol. The first-order valence-electron chi connectivity index (χ1n) is 7.65. The van der Waals surface area contributed by atoms with Gasteiger partial charge >= 0.3 is 0 Å². The number of nitrogens with two attached hydrogens (primary N) is 1. The number of aromatic nitrogens is 1. The second-order valence-electron chi connectivity index (χ2n) is 5.77. The van der Waals surface area contributed by atoms with E-state index in [2.05, 4.69) is 25.6 Å². The lowest BCUT2D eigenvalue weighted by Crippen LogP contribution is -2.61. The topological polar surface area (TPSA) is 87.7 Å². The largest absolute Gasteiger partial charge is 0.315 e. The molecule has 0 fully saturated rings.